The summed E-state index contributed by atoms with van der Waals surface area (Å²) in [6.45, 7) is 4.08. The summed E-state index contributed by atoms with van der Waals surface area (Å²) in [5.74, 6) is 0.331. The zero-order valence-electron chi connectivity index (χ0n) is 14.5. The first kappa shape index (κ1) is 20.1. The van der Waals surface area contributed by atoms with Crippen molar-refractivity contribution in [2.45, 2.75) is 26.2 Å². The van der Waals surface area contributed by atoms with Crippen molar-refractivity contribution in [2.24, 2.45) is 0 Å². The highest BCUT2D eigenvalue weighted by Gasteiger charge is 2.12. The fourth-order valence-corrected chi connectivity index (χ4v) is 2.56. The minimum Gasteiger partial charge on any atom is -0.352 e. The van der Waals surface area contributed by atoms with E-state index in [-0.39, 0.29) is 30.6 Å². The second-order valence-electron chi connectivity index (χ2n) is 6.07. The quantitative estimate of drug-likeness (QED) is 0.753. The van der Waals surface area contributed by atoms with Crippen molar-refractivity contribution in [3.63, 3.8) is 0 Å². The number of aromatic nitrogens is 2. The molecular weight excluding hydrogens is 359 g/mol. The van der Waals surface area contributed by atoms with Gasteiger partial charge in [-0.05, 0) is 31.5 Å². The lowest BCUT2D eigenvalue weighted by molar-refractivity contribution is -0.121. The van der Waals surface area contributed by atoms with E-state index >= 15 is 0 Å². The van der Waals surface area contributed by atoms with Crippen molar-refractivity contribution in [3.8, 4) is 11.4 Å². The van der Waals surface area contributed by atoms with Crippen molar-refractivity contribution in [2.75, 3.05) is 19.6 Å². The minimum absolute atomic E-state index is 0. The van der Waals surface area contributed by atoms with Crippen LogP contribution in [-0.4, -0.2) is 35.7 Å². The summed E-state index contributed by atoms with van der Waals surface area (Å²) in [4.78, 5) is 16.2. The number of hydrogen-bond donors (Lipinski definition) is 2. The molecule has 3 rings (SSSR count). The third-order valence-electron chi connectivity index (χ3n) is 4.13. The van der Waals surface area contributed by atoms with Gasteiger partial charge in [-0.2, -0.15) is 4.98 Å². The Morgan fingerprint density at radius 2 is 2.27 bits per heavy atom. The molecular formula is C18H22ClFN4O2. The van der Waals surface area contributed by atoms with Crippen molar-refractivity contribution in [3.05, 3.63) is 47.1 Å². The standard InChI is InChI=1S/C18H21FN4O2.ClH/c1-12-2-3-14(10-15(12)19)18-22-17(25-23-18)5-4-16(24)21-11-13-6-8-20-9-7-13;/h2-3,6,10,20H,4-5,7-9,11H2,1H3,(H,21,24);1H. The Hall–Kier alpha value is -2.25. The highest BCUT2D eigenvalue weighted by molar-refractivity contribution is 5.85. The number of nitrogens with zero attached hydrogens (tertiary/aromatic N) is 2. The van der Waals surface area contributed by atoms with Crippen LogP contribution in [0.15, 0.2) is 34.4 Å². The molecule has 1 aromatic carbocycles. The number of rotatable bonds is 6. The van der Waals surface area contributed by atoms with Gasteiger partial charge < -0.3 is 15.2 Å². The molecule has 26 heavy (non-hydrogen) atoms. The molecule has 1 aliphatic heterocycles. The van der Waals surface area contributed by atoms with Gasteiger partial charge in [0.2, 0.25) is 17.6 Å². The van der Waals surface area contributed by atoms with Gasteiger partial charge in [0, 0.05) is 31.5 Å². The average molecular weight is 381 g/mol. The fourth-order valence-electron chi connectivity index (χ4n) is 2.56. The summed E-state index contributed by atoms with van der Waals surface area (Å²) < 4.78 is 18.8. The Balaban J connectivity index is 0.00000243. The molecule has 1 aromatic heterocycles. The maximum absolute atomic E-state index is 13.6. The maximum Gasteiger partial charge on any atom is 0.227 e. The molecule has 2 heterocycles. The first-order valence-corrected chi connectivity index (χ1v) is 8.36. The largest absolute Gasteiger partial charge is 0.352 e. The third kappa shape index (κ3) is 5.37. The van der Waals surface area contributed by atoms with E-state index in [1.54, 1.807) is 19.1 Å². The van der Waals surface area contributed by atoms with E-state index in [2.05, 4.69) is 26.9 Å². The van der Waals surface area contributed by atoms with E-state index in [0.717, 1.165) is 19.5 Å². The number of hydrogen-bond acceptors (Lipinski definition) is 5. The summed E-state index contributed by atoms with van der Waals surface area (Å²) >= 11 is 0. The van der Waals surface area contributed by atoms with Gasteiger partial charge in [0.25, 0.3) is 0 Å². The zero-order valence-corrected chi connectivity index (χ0v) is 15.4. The lowest BCUT2D eigenvalue weighted by Crippen LogP contribution is -2.29. The molecule has 0 fully saturated rings. The molecule has 140 valence electrons. The smallest absolute Gasteiger partial charge is 0.227 e. The number of halogens is 2. The molecule has 0 unspecified atom stereocenters. The number of nitrogens with one attached hydrogen (secondary N) is 2. The topological polar surface area (TPSA) is 80.0 Å². The number of aryl methyl sites for hydroxylation is 2. The normalized spacial score (nSPS) is 13.7. The van der Waals surface area contributed by atoms with Crippen LogP contribution in [0.25, 0.3) is 11.4 Å². The van der Waals surface area contributed by atoms with E-state index in [1.165, 1.54) is 11.6 Å². The molecule has 0 spiro atoms. The molecule has 0 radical (unpaired) electrons. The molecule has 0 saturated carbocycles. The molecule has 0 saturated heterocycles. The van der Waals surface area contributed by atoms with Gasteiger partial charge in [0.15, 0.2) is 0 Å². The monoisotopic (exact) mass is 380 g/mol. The van der Waals surface area contributed by atoms with Gasteiger partial charge in [0.1, 0.15) is 5.82 Å². The van der Waals surface area contributed by atoms with E-state index in [9.17, 15) is 9.18 Å². The van der Waals surface area contributed by atoms with Gasteiger partial charge in [-0.3, -0.25) is 4.79 Å². The number of amides is 1. The first-order valence-electron chi connectivity index (χ1n) is 8.36. The number of benzene rings is 1. The summed E-state index contributed by atoms with van der Waals surface area (Å²) in [5, 5.41) is 9.99. The van der Waals surface area contributed by atoms with Crippen molar-refractivity contribution < 1.29 is 13.7 Å². The van der Waals surface area contributed by atoms with E-state index < -0.39 is 0 Å². The summed E-state index contributed by atoms with van der Waals surface area (Å²) in [6.07, 6.45) is 3.69. The lowest BCUT2D eigenvalue weighted by atomic mass is 10.1. The third-order valence-corrected chi connectivity index (χ3v) is 4.13. The van der Waals surface area contributed by atoms with Crippen LogP contribution in [0.3, 0.4) is 0 Å². The Bertz CT molecular complexity index is 791. The Morgan fingerprint density at radius 3 is 3.00 bits per heavy atom. The maximum atomic E-state index is 13.6. The Kier molecular flexibility index (Phi) is 7.29. The molecule has 2 aromatic rings. The summed E-state index contributed by atoms with van der Waals surface area (Å²) in [5.41, 5.74) is 2.36. The van der Waals surface area contributed by atoms with E-state index in [0.29, 0.717) is 35.8 Å². The second-order valence-corrected chi connectivity index (χ2v) is 6.07. The van der Waals surface area contributed by atoms with Crippen LogP contribution in [0.1, 0.15) is 24.3 Å². The second kappa shape index (κ2) is 9.45. The lowest BCUT2D eigenvalue weighted by Gasteiger charge is -2.14. The van der Waals surface area contributed by atoms with Crippen molar-refractivity contribution in [1.82, 2.24) is 20.8 Å². The highest BCUT2D eigenvalue weighted by atomic mass is 35.5. The molecule has 6 nitrogen and oxygen atoms in total. The van der Waals surface area contributed by atoms with Gasteiger partial charge in [-0.1, -0.05) is 28.9 Å². The average Bonchev–Trinajstić information content (AvgIpc) is 3.10. The first-order chi connectivity index (χ1) is 12.1. The van der Waals surface area contributed by atoms with Gasteiger partial charge in [0.05, 0.1) is 0 Å². The van der Waals surface area contributed by atoms with Crippen LogP contribution in [0, 0.1) is 12.7 Å². The summed E-state index contributed by atoms with van der Waals surface area (Å²) in [7, 11) is 0. The van der Waals surface area contributed by atoms with Gasteiger partial charge >= 0.3 is 0 Å². The zero-order chi connectivity index (χ0) is 17.6. The molecule has 8 heteroatoms. The van der Waals surface area contributed by atoms with E-state index in [4.69, 9.17) is 4.52 Å². The predicted molar refractivity (Wildman–Crippen MR) is 98.6 cm³/mol. The van der Waals surface area contributed by atoms with Gasteiger partial charge in [-0.25, -0.2) is 4.39 Å². The highest BCUT2D eigenvalue weighted by Crippen LogP contribution is 2.19. The van der Waals surface area contributed by atoms with Crippen LogP contribution in [0.5, 0.6) is 0 Å². The van der Waals surface area contributed by atoms with Gasteiger partial charge in [-0.15, -0.1) is 12.4 Å². The van der Waals surface area contributed by atoms with Crippen LogP contribution in [-0.2, 0) is 11.2 Å². The fraction of sp³-hybridized carbons (Fsp3) is 0.389. The Morgan fingerprint density at radius 1 is 1.42 bits per heavy atom. The van der Waals surface area contributed by atoms with E-state index in [1.807, 2.05) is 0 Å². The molecule has 1 aliphatic rings. The molecule has 0 atom stereocenters. The van der Waals surface area contributed by atoms with Crippen molar-refractivity contribution >= 4 is 18.3 Å². The number of carbonyl (C=O) groups excluding carboxylic acids is 1. The molecule has 0 aliphatic carbocycles. The van der Waals surface area contributed by atoms with Crippen LogP contribution < -0.4 is 10.6 Å². The van der Waals surface area contributed by atoms with Crippen molar-refractivity contribution in [1.29, 1.82) is 0 Å². The van der Waals surface area contributed by atoms with Crippen LogP contribution >= 0.6 is 12.4 Å². The molecule has 2 N–H and O–H groups in total. The minimum atomic E-state index is -0.310. The Labute approximate surface area is 157 Å². The molecule has 0 bridgehead atoms. The van der Waals surface area contributed by atoms with Crippen LogP contribution in [0.4, 0.5) is 4.39 Å². The summed E-state index contributed by atoms with van der Waals surface area (Å²) in [6, 6.07) is 4.79. The predicted octanol–water partition coefficient (Wildman–Crippen LogP) is 2.57. The van der Waals surface area contributed by atoms with Crippen LogP contribution in [0.2, 0.25) is 0 Å². The number of carbonyl (C=O) groups is 1. The molecule has 1 amide bonds. The SMILES string of the molecule is Cc1ccc(-c2noc(CCC(=O)NCC3=CCNCC3)n2)cc1F.Cl.